The molecule has 22 heavy (non-hydrogen) atoms. The minimum Gasteiger partial charge on any atom is -0.299 e. The lowest BCUT2D eigenvalue weighted by atomic mass is 9.94. The van der Waals surface area contributed by atoms with Crippen molar-refractivity contribution in [3.05, 3.63) is 64.7 Å². The monoisotopic (exact) mass is 296 g/mol. The number of hydrogen-bond acceptors (Lipinski definition) is 3. The maximum Gasteiger partial charge on any atom is 0.139 e. The van der Waals surface area contributed by atoms with Crippen LogP contribution < -0.4 is 0 Å². The fraction of sp³-hybridized carbons (Fsp3) is 0.278. The zero-order chi connectivity index (χ0) is 15.5. The van der Waals surface area contributed by atoms with Crippen molar-refractivity contribution in [3.8, 4) is 0 Å². The van der Waals surface area contributed by atoms with E-state index in [1.54, 1.807) is 18.3 Å². The number of hydrogen-bond donors (Lipinski definition) is 0. The summed E-state index contributed by atoms with van der Waals surface area (Å²) in [5.41, 5.74) is 3.94. The molecule has 1 aromatic carbocycles. The van der Waals surface area contributed by atoms with Crippen molar-refractivity contribution in [2.75, 3.05) is 0 Å². The average molecular weight is 296 g/mol. The number of aromatic nitrogens is 1. The van der Waals surface area contributed by atoms with E-state index in [0.29, 0.717) is 19.4 Å². The fourth-order valence-electron chi connectivity index (χ4n) is 2.67. The SMILES string of the molecule is C[C@@H](CC(=O)Cc1cc2c(cn1)C=NC2)c1ccc(F)cc1. The maximum atomic E-state index is 12.9. The summed E-state index contributed by atoms with van der Waals surface area (Å²) in [5, 5.41) is 0. The molecule has 0 bridgehead atoms. The smallest absolute Gasteiger partial charge is 0.139 e. The topological polar surface area (TPSA) is 42.3 Å². The molecule has 4 heteroatoms. The molecule has 112 valence electrons. The highest BCUT2D eigenvalue weighted by Gasteiger charge is 2.14. The molecule has 3 rings (SSSR count). The van der Waals surface area contributed by atoms with Crippen LogP contribution in [0.15, 0.2) is 41.5 Å². The van der Waals surface area contributed by atoms with Gasteiger partial charge in [-0.3, -0.25) is 14.8 Å². The van der Waals surface area contributed by atoms with Gasteiger partial charge in [-0.05, 0) is 35.2 Å². The van der Waals surface area contributed by atoms with Crippen LogP contribution in [0, 0.1) is 5.82 Å². The van der Waals surface area contributed by atoms with E-state index in [0.717, 1.165) is 22.4 Å². The van der Waals surface area contributed by atoms with Gasteiger partial charge in [-0.1, -0.05) is 19.1 Å². The Labute approximate surface area is 128 Å². The van der Waals surface area contributed by atoms with Gasteiger partial charge in [-0.25, -0.2) is 4.39 Å². The Morgan fingerprint density at radius 1 is 1.32 bits per heavy atom. The van der Waals surface area contributed by atoms with Gasteiger partial charge in [0, 0.05) is 36.5 Å². The summed E-state index contributed by atoms with van der Waals surface area (Å²) in [4.78, 5) is 20.7. The number of carbonyl (C=O) groups excluding carboxylic acids is 1. The number of nitrogens with zero attached hydrogens (tertiary/aromatic N) is 2. The Morgan fingerprint density at radius 3 is 2.86 bits per heavy atom. The molecule has 0 saturated heterocycles. The molecule has 1 aliphatic rings. The molecule has 0 aliphatic carbocycles. The summed E-state index contributed by atoms with van der Waals surface area (Å²) in [6, 6.07) is 8.29. The van der Waals surface area contributed by atoms with Crippen LogP contribution in [0.3, 0.4) is 0 Å². The number of carbonyl (C=O) groups is 1. The third-order valence-corrected chi connectivity index (χ3v) is 3.92. The lowest BCUT2D eigenvalue weighted by molar-refractivity contribution is -0.118. The van der Waals surface area contributed by atoms with E-state index >= 15 is 0 Å². The van der Waals surface area contributed by atoms with Crippen molar-refractivity contribution >= 4 is 12.0 Å². The highest BCUT2D eigenvalue weighted by Crippen LogP contribution is 2.21. The third kappa shape index (κ3) is 3.27. The van der Waals surface area contributed by atoms with Gasteiger partial charge in [0.05, 0.1) is 6.54 Å². The van der Waals surface area contributed by atoms with E-state index in [4.69, 9.17) is 0 Å². The van der Waals surface area contributed by atoms with Gasteiger partial charge in [0.2, 0.25) is 0 Å². The summed E-state index contributed by atoms with van der Waals surface area (Å²) < 4.78 is 12.9. The number of Topliss-reactive ketones (excluding diaryl/α,β-unsaturated/α-hetero) is 1. The van der Waals surface area contributed by atoms with Crippen LogP contribution in [0.1, 0.15) is 41.6 Å². The standard InChI is InChI=1S/C18H17FN2O/c1-12(13-2-4-16(19)5-3-13)6-18(22)8-17-7-14-9-20-10-15(14)11-21-17/h2-5,7,10-12H,6,8-9H2,1H3/t12-/m0/s1. The molecule has 1 aromatic heterocycles. The molecular weight excluding hydrogens is 279 g/mol. The second-order valence-electron chi connectivity index (χ2n) is 5.72. The first-order valence-corrected chi connectivity index (χ1v) is 7.36. The molecule has 1 atom stereocenters. The van der Waals surface area contributed by atoms with Crippen molar-refractivity contribution in [1.29, 1.82) is 0 Å². The quantitative estimate of drug-likeness (QED) is 0.848. The molecule has 2 aromatic rings. The summed E-state index contributed by atoms with van der Waals surface area (Å²) >= 11 is 0. The summed E-state index contributed by atoms with van der Waals surface area (Å²) in [6.07, 6.45) is 4.35. The minimum absolute atomic E-state index is 0.0749. The van der Waals surface area contributed by atoms with Crippen LogP contribution in [0.4, 0.5) is 4.39 Å². The van der Waals surface area contributed by atoms with Crippen LogP contribution >= 0.6 is 0 Å². The molecule has 0 saturated carbocycles. The number of halogens is 1. The molecular formula is C18H17FN2O. The predicted octanol–water partition coefficient (Wildman–Crippen LogP) is 3.46. The Kier molecular flexibility index (Phi) is 4.09. The number of ketones is 1. The third-order valence-electron chi connectivity index (χ3n) is 3.92. The number of fused-ring (bicyclic) bond motifs is 1. The largest absolute Gasteiger partial charge is 0.299 e. The number of pyridine rings is 1. The summed E-state index contributed by atoms with van der Waals surface area (Å²) in [7, 11) is 0. The van der Waals surface area contributed by atoms with Gasteiger partial charge in [-0.15, -0.1) is 0 Å². The van der Waals surface area contributed by atoms with Crippen molar-refractivity contribution < 1.29 is 9.18 Å². The number of aliphatic imine (C=N–C) groups is 1. The van der Waals surface area contributed by atoms with Gasteiger partial charge in [0.25, 0.3) is 0 Å². The Bertz CT molecular complexity index is 722. The molecule has 0 radical (unpaired) electrons. The van der Waals surface area contributed by atoms with E-state index in [2.05, 4.69) is 9.98 Å². The van der Waals surface area contributed by atoms with Gasteiger partial charge in [0.1, 0.15) is 11.6 Å². The highest BCUT2D eigenvalue weighted by atomic mass is 19.1. The van der Waals surface area contributed by atoms with E-state index in [1.807, 2.05) is 19.2 Å². The second-order valence-corrected chi connectivity index (χ2v) is 5.72. The molecule has 0 fully saturated rings. The number of rotatable bonds is 5. The highest BCUT2D eigenvalue weighted by molar-refractivity contribution is 5.85. The Balaban J connectivity index is 1.61. The molecule has 0 unspecified atom stereocenters. The van der Waals surface area contributed by atoms with Gasteiger partial charge < -0.3 is 0 Å². The fourth-order valence-corrected chi connectivity index (χ4v) is 2.67. The van der Waals surface area contributed by atoms with Crippen LogP contribution in [-0.2, 0) is 17.8 Å². The molecule has 0 spiro atoms. The molecule has 0 N–H and O–H groups in total. The van der Waals surface area contributed by atoms with E-state index in [1.165, 1.54) is 12.1 Å². The zero-order valence-electron chi connectivity index (χ0n) is 12.4. The first-order valence-electron chi connectivity index (χ1n) is 7.36. The van der Waals surface area contributed by atoms with Crippen LogP contribution in [-0.4, -0.2) is 17.0 Å². The molecule has 2 heterocycles. The summed E-state index contributed by atoms with van der Waals surface area (Å²) in [5.74, 6) is -0.0408. The van der Waals surface area contributed by atoms with Crippen molar-refractivity contribution in [1.82, 2.24) is 4.98 Å². The minimum atomic E-state index is -0.258. The maximum absolute atomic E-state index is 12.9. The second kappa shape index (κ2) is 6.18. The summed E-state index contributed by atoms with van der Waals surface area (Å²) in [6.45, 7) is 2.65. The lowest BCUT2D eigenvalue weighted by Crippen LogP contribution is -2.09. The van der Waals surface area contributed by atoms with Crippen LogP contribution in [0.2, 0.25) is 0 Å². The molecule has 0 amide bonds. The van der Waals surface area contributed by atoms with Gasteiger partial charge in [0.15, 0.2) is 0 Å². The zero-order valence-corrected chi connectivity index (χ0v) is 12.4. The molecule has 3 nitrogen and oxygen atoms in total. The normalized spacial score (nSPS) is 13.9. The van der Waals surface area contributed by atoms with Gasteiger partial charge >= 0.3 is 0 Å². The van der Waals surface area contributed by atoms with Crippen molar-refractivity contribution in [3.63, 3.8) is 0 Å². The van der Waals surface area contributed by atoms with Crippen LogP contribution in [0.5, 0.6) is 0 Å². The van der Waals surface area contributed by atoms with Crippen LogP contribution in [0.25, 0.3) is 0 Å². The van der Waals surface area contributed by atoms with Crippen molar-refractivity contribution in [2.45, 2.75) is 32.2 Å². The van der Waals surface area contributed by atoms with E-state index in [-0.39, 0.29) is 17.5 Å². The Hall–Kier alpha value is -2.36. The average Bonchev–Trinajstić information content (AvgIpc) is 2.95. The Morgan fingerprint density at radius 2 is 2.09 bits per heavy atom. The first-order chi connectivity index (χ1) is 10.6. The number of benzene rings is 1. The first kappa shape index (κ1) is 14.6. The van der Waals surface area contributed by atoms with E-state index in [9.17, 15) is 9.18 Å². The lowest BCUT2D eigenvalue weighted by Gasteiger charge is -2.11. The predicted molar refractivity (Wildman–Crippen MR) is 83.7 cm³/mol. The molecule has 1 aliphatic heterocycles. The van der Waals surface area contributed by atoms with E-state index < -0.39 is 0 Å². The van der Waals surface area contributed by atoms with Crippen molar-refractivity contribution in [2.24, 2.45) is 4.99 Å². The van der Waals surface area contributed by atoms with Gasteiger partial charge in [-0.2, -0.15) is 0 Å².